The summed E-state index contributed by atoms with van der Waals surface area (Å²) in [5.41, 5.74) is 4.83. The van der Waals surface area contributed by atoms with E-state index in [0.29, 0.717) is 19.5 Å². The van der Waals surface area contributed by atoms with E-state index in [4.69, 9.17) is 18.0 Å². The summed E-state index contributed by atoms with van der Waals surface area (Å²) in [6.45, 7) is 5.00. The predicted octanol–water partition coefficient (Wildman–Crippen LogP) is 0.380. The van der Waals surface area contributed by atoms with Gasteiger partial charge in [-0.25, -0.2) is 0 Å². The smallest absolute Gasteiger partial charge is 0.241 e. The second-order valence-corrected chi connectivity index (χ2v) is 5.39. The van der Waals surface area contributed by atoms with Crippen molar-refractivity contribution in [3.05, 3.63) is 0 Å². The molecular formula is C12H21N3O2S. The van der Waals surface area contributed by atoms with Crippen molar-refractivity contribution in [1.82, 2.24) is 9.80 Å². The summed E-state index contributed by atoms with van der Waals surface area (Å²) in [4.78, 5) is 27.7. The lowest BCUT2D eigenvalue weighted by atomic mass is 9.85. The number of likely N-dealkylation sites (N-methyl/N-ethyl adjacent to an activating group) is 1. The predicted molar refractivity (Wildman–Crippen MR) is 74.0 cm³/mol. The quantitative estimate of drug-likeness (QED) is 0.754. The van der Waals surface area contributed by atoms with E-state index in [1.54, 1.807) is 23.8 Å². The third kappa shape index (κ3) is 2.80. The van der Waals surface area contributed by atoms with E-state index in [9.17, 15) is 9.59 Å². The summed E-state index contributed by atoms with van der Waals surface area (Å²) in [5, 5.41) is 0. The van der Waals surface area contributed by atoms with Gasteiger partial charge in [0.1, 0.15) is 0 Å². The fraction of sp³-hybridized carbons (Fsp3) is 0.750. The molecular weight excluding hydrogens is 250 g/mol. The average Bonchev–Trinajstić information content (AvgIpc) is 2.50. The van der Waals surface area contributed by atoms with Crippen LogP contribution in [0.3, 0.4) is 0 Å². The number of rotatable bonds is 3. The summed E-state index contributed by atoms with van der Waals surface area (Å²) in [7, 11) is 1.75. The maximum absolute atomic E-state index is 12.5. The Bertz CT molecular complexity index is 372. The molecule has 1 saturated heterocycles. The molecule has 1 atom stereocenters. The first-order valence-corrected chi connectivity index (χ1v) is 6.57. The zero-order valence-electron chi connectivity index (χ0n) is 11.2. The summed E-state index contributed by atoms with van der Waals surface area (Å²) >= 11 is 5.00. The fourth-order valence-electron chi connectivity index (χ4n) is 1.94. The number of hydrogen-bond acceptors (Lipinski definition) is 3. The Hall–Kier alpha value is -1.17. The van der Waals surface area contributed by atoms with Crippen molar-refractivity contribution in [2.24, 2.45) is 11.1 Å². The highest BCUT2D eigenvalue weighted by Gasteiger charge is 2.39. The number of carbonyl (C=O) groups is 2. The van der Waals surface area contributed by atoms with Gasteiger partial charge in [-0.1, -0.05) is 19.1 Å². The Morgan fingerprint density at radius 3 is 2.61 bits per heavy atom. The molecule has 1 heterocycles. The van der Waals surface area contributed by atoms with Crippen LogP contribution in [0.5, 0.6) is 0 Å². The molecule has 0 aromatic rings. The average molecular weight is 271 g/mol. The van der Waals surface area contributed by atoms with Crippen molar-refractivity contribution < 1.29 is 9.59 Å². The van der Waals surface area contributed by atoms with Gasteiger partial charge in [0.25, 0.3) is 0 Å². The van der Waals surface area contributed by atoms with Crippen LogP contribution >= 0.6 is 12.2 Å². The Labute approximate surface area is 113 Å². The van der Waals surface area contributed by atoms with Gasteiger partial charge in [-0.05, 0) is 19.8 Å². The molecule has 1 fully saturated rings. The molecule has 1 unspecified atom stereocenters. The van der Waals surface area contributed by atoms with Crippen molar-refractivity contribution in [2.75, 3.05) is 26.7 Å². The SMILES string of the molecule is CCC(C)(C(=O)N1CCCN(C)C(=O)C1)C(N)=S. The maximum atomic E-state index is 12.5. The van der Waals surface area contributed by atoms with Gasteiger partial charge >= 0.3 is 0 Å². The van der Waals surface area contributed by atoms with Crippen LogP contribution in [0, 0.1) is 5.41 Å². The Kier molecular flexibility index (Phi) is 4.67. The van der Waals surface area contributed by atoms with Crippen LogP contribution in [0.1, 0.15) is 26.7 Å². The minimum atomic E-state index is -0.849. The van der Waals surface area contributed by atoms with Crippen LogP contribution < -0.4 is 5.73 Å². The Morgan fingerprint density at radius 1 is 1.50 bits per heavy atom. The summed E-state index contributed by atoms with van der Waals surface area (Å²) < 4.78 is 0. The summed E-state index contributed by atoms with van der Waals surface area (Å²) in [5.74, 6) is -0.177. The van der Waals surface area contributed by atoms with Gasteiger partial charge in [0.2, 0.25) is 11.8 Å². The van der Waals surface area contributed by atoms with Crippen LogP contribution in [0.4, 0.5) is 0 Å². The normalized spacial score (nSPS) is 20.3. The van der Waals surface area contributed by atoms with Crippen LogP contribution in [0.25, 0.3) is 0 Å². The molecule has 1 rings (SSSR count). The molecule has 0 saturated carbocycles. The molecule has 18 heavy (non-hydrogen) atoms. The van der Waals surface area contributed by atoms with Gasteiger partial charge in [0, 0.05) is 20.1 Å². The van der Waals surface area contributed by atoms with E-state index < -0.39 is 5.41 Å². The van der Waals surface area contributed by atoms with Gasteiger partial charge in [0.15, 0.2) is 0 Å². The second-order valence-electron chi connectivity index (χ2n) is 4.95. The molecule has 0 spiro atoms. The highest BCUT2D eigenvalue weighted by molar-refractivity contribution is 7.80. The fourth-order valence-corrected chi connectivity index (χ4v) is 2.17. The maximum Gasteiger partial charge on any atom is 0.241 e. The van der Waals surface area contributed by atoms with Crippen LogP contribution in [-0.4, -0.2) is 53.3 Å². The highest BCUT2D eigenvalue weighted by Crippen LogP contribution is 2.25. The molecule has 6 heteroatoms. The molecule has 5 nitrogen and oxygen atoms in total. The Morgan fingerprint density at radius 2 is 2.11 bits per heavy atom. The molecule has 0 radical (unpaired) electrons. The number of nitrogens with zero attached hydrogens (tertiary/aromatic N) is 2. The van der Waals surface area contributed by atoms with Gasteiger partial charge < -0.3 is 15.5 Å². The van der Waals surface area contributed by atoms with E-state index in [-0.39, 0.29) is 23.3 Å². The third-order valence-corrected chi connectivity index (χ3v) is 4.13. The largest absolute Gasteiger partial charge is 0.392 e. The first-order valence-electron chi connectivity index (χ1n) is 6.16. The minimum Gasteiger partial charge on any atom is -0.392 e. The van der Waals surface area contributed by atoms with E-state index in [1.165, 1.54) is 0 Å². The van der Waals surface area contributed by atoms with E-state index in [1.807, 2.05) is 6.92 Å². The number of thiocarbonyl (C=S) groups is 1. The topological polar surface area (TPSA) is 66.6 Å². The van der Waals surface area contributed by atoms with E-state index in [2.05, 4.69) is 0 Å². The zero-order chi connectivity index (χ0) is 13.9. The number of hydrogen-bond donors (Lipinski definition) is 1. The summed E-state index contributed by atoms with van der Waals surface area (Å²) in [6.07, 6.45) is 1.33. The molecule has 1 aliphatic heterocycles. The number of carbonyl (C=O) groups excluding carboxylic acids is 2. The van der Waals surface area contributed by atoms with Gasteiger partial charge in [-0.3, -0.25) is 9.59 Å². The third-order valence-electron chi connectivity index (χ3n) is 3.68. The molecule has 2 N–H and O–H groups in total. The lowest BCUT2D eigenvalue weighted by molar-refractivity contribution is -0.142. The lowest BCUT2D eigenvalue weighted by Crippen LogP contribution is -2.50. The zero-order valence-corrected chi connectivity index (χ0v) is 12.0. The lowest BCUT2D eigenvalue weighted by Gasteiger charge is -2.32. The van der Waals surface area contributed by atoms with Crippen molar-refractivity contribution >= 4 is 29.0 Å². The first-order chi connectivity index (χ1) is 8.32. The molecule has 0 aromatic carbocycles. The van der Waals surface area contributed by atoms with Crippen LogP contribution in [-0.2, 0) is 9.59 Å². The van der Waals surface area contributed by atoms with E-state index >= 15 is 0 Å². The van der Waals surface area contributed by atoms with Gasteiger partial charge in [0.05, 0.1) is 16.9 Å². The molecule has 2 amide bonds. The molecule has 0 aliphatic carbocycles. The van der Waals surface area contributed by atoms with Crippen molar-refractivity contribution in [2.45, 2.75) is 26.7 Å². The first kappa shape index (κ1) is 14.9. The molecule has 102 valence electrons. The standard InChI is InChI=1S/C12H21N3O2S/c1-4-12(2,10(13)18)11(17)15-7-5-6-14(3)9(16)8-15/h4-8H2,1-3H3,(H2,13,18). The molecule has 1 aliphatic rings. The van der Waals surface area contributed by atoms with Gasteiger partial charge in [-0.2, -0.15) is 0 Å². The minimum absolute atomic E-state index is 0.0396. The number of amides is 2. The number of nitrogens with two attached hydrogens (primary N) is 1. The highest BCUT2D eigenvalue weighted by atomic mass is 32.1. The van der Waals surface area contributed by atoms with E-state index in [0.717, 1.165) is 6.42 Å². The molecule has 0 aromatic heterocycles. The monoisotopic (exact) mass is 271 g/mol. The second kappa shape index (κ2) is 5.65. The van der Waals surface area contributed by atoms with Gasteiger partial charge in [-0.15, -0.1) is 0 Å². The van der Waals surface area contributed by atoms with Crippen molar-refractivity contribution in [3.63, 3.8) is 0 Å². The van der Waals surface area contributed by atoms with Crippen molar-refractivity contribution in [3.8, 4) is 0 Å². The van der Waals surface area contributed by atoms with Crippen LogP contribution in [0.15, 0.2) is 0 Å². The molecule has 0 bridgehead atoms. The Balaban J connectivity index is 2.89. The van der Waals surface area contributed by atoms with Crippen LogP contribution in [0.2, 0.25) is 0 Å². The van der Waals surface area contributed by atoms with Crippen molar-refractivity contribution in [1.29, 1.82) is 0 Å². The summed E-state index contributed by atoms with van der Waals surface area (Å²) in [6, 6.07) is 0.